The van der Waals surface area contributed by atoms with Crippen LogP contribution in [0.25, 0.3) is 0 Å². The number of fused-ring (bicyclic) bond motifs is 2. The molecule has 5 rings (SSSR count). The number of benzene rings is 2. The van der Waals surface area contributed by atoms with Gasteiger partial charge in [-0.3, -0.25) is 0 Å². The lowest BCUT2D eigenvalue weighted by atomic mass is 9.89. The van der Waals surface area contributed by atoms with Crippen LogP contribution in [-0.2, 0) is 30.7 Å². The smallest absolute Gasteiger partial charge is 0.407 e. The van der Waals surface area contributed by atoms with Gasteiger partial charge in [0.25, 0.3) is 0 Å². The predicted octanol–water partition coefficient (Wildman–Crippen LogP) is 2.38. The number of hydrogen-bond donors (Lipinski definition) is 4. The number of carbonyl (C=O) groups excluding carboxylic acids is 1. The Kier molecular flexibility index (Phi) is 11.5. The molecule has 3 aliphatic heterocycles. The summed E-state index contributed by atoms with van der Waals surface area (Å²) >= 11 is 5.19. The molecule has 47 heavy (non-hydrogen) atoms. The minimum atomic E-state index is -4.16. The maximum absolute atomic E-state index is 14.2. The maximum Gasteiger partial charge on any atom is 0.407 e. The fourth-order valence-corrected chi connectivity index (χ4v) is 7.72. The summed E-state index contributed by atoms with van der Waals surface area (Å²) in [5, 5.41) is 21.0. The molecule has 258 valence electrons. The van der Waals surface area contributed by atoms with Crippen LogP contribution in [-0.4, -0.2) is 100 Å². The van der Waals surface area contributed by atoms with Crippen LogP contribution in [0, 0.1) is 11.3 Å². The number of ether oxygens (including phenoxy) is 5. The van der Waals surface area contributed by atoms with Crippen LogP contribution in [0.4, 0.5) is 4.79 Å². The molecule has 0 unspecified atom stereocenters. The number of nitrogens with zero attached hydrogens (tertiary/aromatic N) is 1. The van der Waals surface area contributed by atoms with Gasteiger partial charge in [-0.1, -0.05) is 44.2 Å². The third-order valence-corrected chi connectivity index (χ3v) is 10.8. The maximum atomic E-state index is 14.2. The second kappa shape index (κ2) is 15.3. The van der Waals surface area contributed by atoms with E-state index in [-0.39, 0.29) is 50.0 Å². The molecule has 13 nitrogen and oxygen atoms in total. The first-order valence-electron chi connectivity index (χ1n) is 15.7. The zero-order valence-electron chi connectivity index (χ0n) is 26.8. The van der Waals surface area contributed by atoms with Gasteiger partial charge in [-0.2, -0.15) is 4.31 Å². The molecular formula is C32H44N4O9S2. The second-order valence-electron chi connectivity index (χ2n) is 12.7. The van der Waals surface area contributed by atoms with Gasteiger partial charge in [-0.05, 0) is 54.6 Å². The van der Waals surface area contributed by atoms with E-state index in [0.717, 1.165) is 12.0 Å². The third kappa shape index (κ3) is 9.03. The number of amides is 1. The van der Waals surface area contributed by atoms with E-state index < -0.39 is 39.8 Å². The lowest BCUT2D eigenvalue weighted by molar-refractivity contribution is -0.0907. The Labute approximate surface area is 281 Å². The summed E-state index contributed by atoms with van der Waals surface area (Å²) in [5.41, 5.74) is 0.311. The number of aliphatic hydroxyl groups is 1. The molecule has 2 aromatic carbocycles. The van der Waals surface area contributed by atoms with E-state index in [1.54, 1.807) is 13.1 Å². The average Bonchev–Trinajstić information content (AvgIpc) is 3.79. The van der Waals surface area contributed by atoms with Gasteiger partial charge < -0.3 is 44.7 Å². The molecular weight excluding hydrogens is 649 g/mol. The molecule has 1 amide bonds. The van der Waals surface area contributed by atoms with Crippen molar-refractivity contribution in [3.05, 3.63) is 54.1 Å². The van der Waals surface area contributed by atoms with Crippen LogP contribution in [0.3, 0.4) is 0 Å². The molecule has 0 saturated carbocycles. The fraction of sp³-hybridized carbons (Fsp3) is 0.562. The van der Waals surface area contributed by atoms with Gasteiger partial charge in [0.05, 0.1) is 36.2 Å². The van der Waals surface area contributed by atoms with E-state index in [2.05, 4.69) is 16.0 Å². The molecule has 4 N–H and O–H groups in total. The van der Waals surface area contributed by atoms with Gasteiger partial charge in [0.15, 0.2) is 22.9 Å². The van der Waals surface area contributed by atoms with Crippen molar-refractivity contribution in [1.29, 1.82) is 0 Å². The topological polar surface area (TPSA) is 157 Å². The first kappa shape index (κ1) is 35.1. The van der Waals surface area contributed by atoms with Crippen LogP contribution in [0.5, 0.6) is 11.5 Å². The zero-order valence-corrected chi connectivity index (χ0v) is 28.5. The highest BCUT2D eigenvalue weighted by Gasteiger charge is 2.44. The third-order valence-electron chi connectivity index (χ3n) is 8.60. The Balaban J connectivity index is 1.37. The van der Waals surface area contributed by atoms with Crippen molar-refractivity contribution in [3.8, 4) is 11.5 Å². The Hall–Kier alpha value is -3.21. The van der Waals surface area contributed by atoms with Crippen molar-refractivity contribution in [2.75, 3.05) is 46.7 Å². The zero-order chi connectivity index (χ0) is 33.6. The molecule has 2 aromatic rings. The van der Waals surface area contributed by atoms with Crippen LogP contribution >= 0.6 is 12.2 Å². The highest BCUT2D eigenvalue weighted by molar-refractivity contribution is 7.89. The van der Waals surface area contributed by atoms with Gasteiger partial charge in [0.1, 0.15) is 6.10 Å². The summed E-state index contributed by atoms with van der Waals surface area (Å²) in [7, 11) is -2.43. The number of rotatable bonds is 14. The Morgan fingerprint density at radius 1 is 1.15 bits per heavy atom. The van der Waals surface area contributed by atoms with Crippen LogP contribution in [0.15, 0.2) is 53.4 Å². The van der Waals surface area contributed by atoms with E-state index in [9.17, 15) is 18.3 Å². The molecule has 2 fully saturated rings. The fourth-order valence-electron chi connectivity index (χ4n) is 5.95. The number of carbonyl (C=O) groups is 1. The number of aliphatic hydroxyl groups excluding tert-OH is 1. The van der Waals surface area contributed by atoms with Crippen molar-refractivity contribution >= 4 is 33.4 Å². The van der Waals surface area contributed by atoms with Crippen molar-refractivity contribution in [1.82, 2.24) is 20.3 Å². The van der Waals surface area contributed by atoms with Crippen molar-refractivity contribution in [3.63, 3.8) is 0 Å². The summed E-state index contributed by atoms with van der Waals surface area (Å²) in [5.74, 6) is 0.726. The van der Waals surface area contributed by atoms with Gasteiger partial charge in [0.2, 0.25) is 16.8 Å². The van der Waals surface area contributed by atoms with E-state index in [4.69, 9.17) is 35.9 Å². The van der Waals surface area contributed by atoms with Gasteiger partial charge in [0, 0.05) is 32.7 Å². The van der Waals surface area contributed by atoms with Crippen molar-refractivity contribution in [2.24, 2.45) is 11.3 Å². The number of sulfonamides is 1. The lowest BCUT2D eigenvalue weighted by Crippen LogP contribution is -2.52. The molecule has 3 aliphatic rings. The minimum Gasteiger partial charge on any atom is -0.454 e. The Morgan fingerprint density at radius 2 is 1.91 bits per heavy atom. The quantitative estimate of drug-likeness (QED) is 0.215. The van der Waals surface area contributed by atoms with Gasteiger partial charge in [-0.15, -0.1) is 0 Å². The summed E-state index contributed by atoms with van der Waals surface area (Å²) < 4.78 is 57.5. The predicted molar refractivity (Wildman–Crippen MR) is 177 cm³/mol. The van der Waals surface area contributed by atoms with Gasteiger partial charge >= 0.3 is 6.09 Å². The molecule has 5 atom stereocenters. The summed E-state index contributed by atoms with van der Waals surface area (Å²) in [6, 6.07) is 12.9. The number of nitrogens with one attached hydrogen (secondary N) is 3. The van der Waals surface area contributed by atoms with E-state index >= 15 is 0 Å². The van der Waals surface area contributed by atoms with Crippen molar-refractivity contribution in [2.45, 2.75) is 62.5 Å². The molecule has 0 aliphatic carbocycles. The number of thiocarbonyl (C=S) groups is 1. The summed E-state index contributed by atoms with van der Waals surface area (Å²) in [6.07, 6.45) is -1.36. The van der Waals surface area contributed by atoms with Gasteiger partial charge in [-0.25, -0.2) is 13.2 Å². The Bertz CT molecular complexity index is 1490. The summed E-state index contributed by atoms with van der Waals surface area (Å²) in [6.45, 7) is 4.94. The number of hydrogen-bond acceptors (Lipinski definition) is 10. The molecule has 3 heterocycles. The largest absolute Gasteiger partial charge is 0.454 e. The molecule has 0 radical (unpaired) electrons. The first-order valence-corrected chi connectivity index (χ1v) is 17.6. The average molecular weight is 693 g/mol. The standard InChI is InChI=1S/C32H44N4O9S2/c1-32(2,12-13-34-30(46)33-3)19-36(47(39,40)22-9-10-26-27(16-22)44-20-43-26)17-25(37)24(15-21-7-5-4-6-8-21)35-31(38)45-28-18-42-29-23(28)11-14-41-29/h4-10,16,23-25,28-29,37H,11-15,17-20H2,1-3H3,(H,35,38)(H2,33,34,46)/t23-,24-,25+,28-,29+/m0/s1. The van der Waals surface area contributed by atoms with E-state index in [1.807, 2.05) is 44.2 Å². The summed E-state index contributed by atoms with van der Waals surface area (Å²) in [4.78, 5) is 13.2. The van der Waals surface area contributed by atoms with E-state index in [0.29, 0.717) is 36.2 Å². The lowest BCUT2D eigenvalue weighted by Gasteiger charge is -2.35. The SMILES string of the molecule is CNC(=S)NCCC(C)(C)CN(C[C@@H](O)[C@H](Cc1ccccc1)NC(=O)O[C@H]1CO[C@H]2OCC[C@H]21)S(=O)(=O)c1ccc2c(c1)OCO2. The monoisotopic (exact) mass is 692 g/mol. The van der Waals surface area contributed by atoms with Crippen LogP contribution in [0.1, 0.15) is 32.3 Å². The van der Waals surface area contributed by atoms with Crippen LogP contribution < -0.4 is 25.4 Å². The molecule has 0 bridgehead atoms. The number of alkyl carbamates (subject to hydrolysis) is 1. The van der Waals surface area contributed by atoms with Crippen molar-refractivity contribution < 1.29 is 42.0 Å². The highest BCUT2D eigenvalue weighted by atomic mass is 32.2. The molecule has 15 heteroatoms. The Morgan fingerprint density at radius 3 is 2.68 bits per heavy atom. The van der Waals surface area contributed by atoms with E-state index in [1.165, 1.54) is 16.4 Å². The second-order valence-corrected chi connectivity index (χ2v) is 15.1. The molecule has 0 aromatic heterocycles. The minimum absolute atomic E-state index is 0.000117. The molecule has 0 spiro atoms. The van der Waals surface area contributed by atoms with Crippen LogP contribution in [0.2, 0.25) is 0 Å². The first-order chi connectivity index (χ1) is 22.4. The normalized spacial score (nSPS) is 21.6. The molecule has 2 saturated heterocycles. The highest BCUT2D eigenvalue weighted by Crippen LogP contribution is 2.36.